The zero-order valence-corrected chi connectivity index (χ0v) is 23.1. The number of pyridine rings is 2. The standard InChI is InChI=1S/C31H34N4O4/c1-19-6-7-20(17-32-19)18-38-23-12-13-34(28(36)16-23)21-8-10-24-26(14-21)33(5)27-15-22-9-11-25(29(24)27)35(22)30(37)39-31(2,3)4/h6-8,10,12-14,16-17,22,25H,9,11,15,18H2,1-5H3. The first-order valence-electron chi connectivity index (χ1n) is 13.5. The fourth-order valence-corrected chi connectivity index (χ4v) is 5.97. The number of aryl methyl sites for hydroxylation is 2. The van der Waals surface area contributed by atoms with Crippen LogP contribution in [0.3, 0.4) is 0 Å². The van der Waals surface area contributed by atoms with Crippen LogP contribution in [0, 0.1) is 6.92 Å². The number of rotatable bonds is 4. The first-order valence-corrected chi connectivity index (χ1v) is 13.5. The molecule has 2 unspecified atom stereocenters. The van der Waals surface area contributed by atoms with Crippen LogP contribution >= 0.6 is 0 Å². The Morgan fingerprint density at radius 3 is 2.64 bits per heavy atom. The molecule has 0 radical (unpaired) electrons. The number of aromatic nitrogens is 3. The molecule has 202 valence electrons. The van der Waals surface area contributed by atoms with Crippen LogP contribution in [0.15, 0.2) is 59.7 Å². The Kier molecular flexibility index (Phi) is 6.01. The average Bonchev–Trinajstić information content (AvgIpc) is 3.35. The molecule has 1 aromatic carbocycles. The lowest BCUT2D eigenvalue weighted by molar-refractivity contribution is 0.0124. The van der Waals surface area contributed by atoms with Crippen LogP contribution in [0.2, 0.25) is 0 Å². The molecule has 8 heteroatoms. The van der Waals surface area contributed by atoms with E-state index in [0.29, 0.717) is 12.4 Å². The molecule has 6 rings (SSSR count). The predicted molar refractivity (Wildman–Crippen MR) is 149 cm³/mol. The molecule has 0 saturated carbocycles. The van der Waals surface area contributed by atoms with Gasteiger partial charge in [-0.1, -0.05) is 12.1 Å². The second kappa shape index (κ2) is 9.29. The van der Waals surface area contributed by atoms with Crippen molar-refractivity contribution in [2.45, 2.75) is 71.2 Å². The maximum atomic E-state index is 13.1. The molecular weight excluding hydrogens is 492 g/mol. The number of ether oxygens (including phenoxy) is 2. The van der Waals surface area contributed by atoms with Gasteiger partial charge in [0.1, 0.15) is 18.0 Å². The summed E-state index contributed by atoms with van der Waals surface area (Å²) < 4.78 is 15.5. The van der Waals surface area contributed by atoms with Crippen molar-refractivity contribution < 1.29 is 14.3 Å². The predicted octanol–water partition coefficient (Wildman–Crippen LogP) is 5.61. The van der Waals surface area contributed by atoms with E-state index >= 15 is 0 Å². The first kappa shape index (κ1) is 25.2. The number of hydrogen-bond acceptors (Lipinski definition) is 5. The number of amides is 1. The lowest BCUT2D eigenvalue weighted by atomic mass is 9.97. The molecule has 3 aromatic heterocycles. The largest absolute Gasteiger partial charge is 0.489 e. The molecule has 1 fully saturated rings. The summed E-state index contributed by atoms with van der Waals surface area (Å²) in [4.78, 5) is 32.4. The molecule has 5 heterocycles. The van der Waals surface area contributed by atoms with E-state index in [-0.39, 0.29) is 23.7 Å². The van der Waals surface area contributed by atoms with E-state index in [1.807, 2.05) is 50.8 Å². The van der Waals surface area contributed by atoms with Crippen LogP contribution in [0.25, 0.3) is 16.6 Å². The number of fused-ring (bicyclic) bond motifs is 6. The van der Waals surface area contributed by atoms with E-state index in [1.54, 1.807) is 23.0 Å². The number of benzene rings is 1. The van der Waals surface area contributed by atoms with E-state index in [1.165, 1.54) is 17.3 Å². The van der Waals surface area contributed by atoms with Crippen LogP contribution in [0.5, 0.6) is 5.75 Å². The van der Waals surface area contributed by atoms with E-state index in [0.717, 1.165) is 47.1 Å². The zero-order chi connectivity index (χ0) is 27.5. The van der Waals surface area contributed by atoms with Gasteiger partial charge < -0.3 is 14.0 Å². The van der Waals surface area contributed by atoms with Crippen molar-refractivity contribution in [1.29, 1.82) is 0 Å². The van der Waals surface area contributed by atoms with Crippen LogP contribution in [0.1, 0.15) is 62.2 Å². The number of nitrogens with zero attached hydrogens (tertiary/aromatic N) is 4. The summed E-state index contributed by atoms with van der Waals surface area (Å²) in [7, 11) is 2.08. The van der Waals surface area contributed by atoms with Gasteiger partial charge in [0, 0.05) is 65.9 Å². The second-order valence-electron chi connectivity index (χ2n) is 11.6. The minimum atomic E-state index is -0.532. The van der Waals surface area contributed by atoms with Gasteiger partial charge in [0.15, 0.2) is 0 Å². The Hall–Kier alpha value is -4.07. The molecule has 8 nitrogen and oxygen atoms in total. The molecule has 0 aliphatic carbocycles. The Morgan fingerprint density at radius 2 is 1.92 bits per heavy atom. The van der Waals surface area contributed by atoms with Gasteiger partial charge in [0.2, 0.25) is 0 Å². The monoisotopic (exact) mass is 526 g/mol. The van der Waals surface area contributed by atoms with E-state index in [4.69, 9.17) is 9.47 Å². The van der Waals surface area contributed by atoms with Crippen molar-refractivity contribution in [1.82, 2.24) is 19.0 Å². The van der Waals surface area contributed by atoms with Crippen molar-refractivity contribution >= 4 is 17.0 Å². The maximum Gasteiger partial charge on any atom is 0.411 e. The molecule has 0 spiro atoms. The van der Waals surface area contributed by atoms with Crippen molar-refractivity contribution in [2.24, 2.45) is 7.05 Å². The topological polar surface area (TPSA) is 78.6 Å². The minimum Gasteiger partial charge on any atom is -0.489 e. The van der Waals surface area contributed by atoms with Gasteiger partial charge in [0.25, 0.3) is 5.56 Å². The molecule has 4 aromatic rings. The molecule has 1 saturated heterocycles. The normalized spacial score (nSPS) is 18.3. The SMILES string of the molecule is Cc1ccc(COc2ccn(-c3ccc4c5c(n(C)c4c3)CC3CCC5N3C(=O)OC(C)(C)C)c(=O)c2)cn1. The van der Waals surface area contributed by atoms with Gasteiger partial charge >= 0.3 is 6.09 Å². The van der Waals surface area contributed by atoms with Gasteiger partial charge in [0.05, 0.1) is 17.2 Å². The minimum absolute atomic E-state index is 0.00559. The van der Waals surface area contributed by atoms with Gasteiger partial charge in [-0.2, -0.15) is 0 Å². The van der Waals surface area contributed by atoms with Crippen molar-refractivity contribution in [2.75, 3.05) is 0 Å². The van der Waals surface area contributed by atoms with Crippen molar-refractivity contribution in [3.05, 3.63) is 87.7 Å². The summed E-state index contributed by atoms with van der Waals surface area (Å²) in [6, 6.07) is 13.5. The first-order chi connectivity index (χ1) is 18.6. The van der Waals surface area contributed by atoms with Crippen LogP contribution < -0.4 is 10.3 Å². The number of hydrogen-bond donors (Lipinski definition) is 0. The smallest absolute Gasteiger partial charge is 0.411 e. The van der Waals surface area contributed by atoms with E-state index in [2.05, 4.69) is 28.7 Å². The Bertz CT molecular complexity index is 1630. The molecular formula is C31H34N4O4. The quantitative estimate of drug-likeness (QED) is 0.346. The molecule has 2 aliphatic heterocycles. The Balaban J connectivity index is 1.29. The highest BCUT2D eigenvalue weighted by molar-refractivity contribution is 5.89. The Morgan fingerprint density at radius 1 is 1.10 bits per heavy atom. The highest BCUT2D eigenvalue weighted by Crippen LogP contribution is 2.48. The van der Waals surface area contributed by atoms with E-state index < -0.39 is 5.60 Å². The van der Waals surface area contributed by atoms with Crippen LogP contribution in [-0.4, -0.2) is 36.8 Å². The van der Waals surface area contributed by atoms with Crippen LogP contribution in [0.4, 0.5) is 4.79 Å². The molecule has 1 amide bonds. The summed E-state index contributed by atoms with van der Waals surface area (Å²) in [5, 5.41) is 1.12. The third-order valence-corrected chi connectivity index (χ3v) is 7.76. The number of carbonyl (C=O) groups is 1. The van der Waals surface area contributed by atoms with Crippen molar-refractivity contribution in [3.8, 4) is 11.4 Å². The van der Waals surface area contributed by atoms with Crippen molar-refractivity contribution in [3.63, 3.8) is 0 Å². The third kappa shape index (κ3) is 4.58. The van der Waals surface area contributed by atoms with Gasteiger partial charge in [-0.15, -0.1) is 0 Å². The van der Waals surface area contributed by atoms with Gasteiger partial charge in [-0.3, -0.25) is 19.2 Å². The molecule has 2 atom stereocenters. The summed E-state index contributed by atoms with van der Waals surface area (Å²) in [5.74, 6) is 0.519. The third-order valence-electron chi connectivity index (χ3n) is 7.76. The van der Waals surface area contributed by atoms with E-state index in [9.17, 15) is 9.59 Å². The van der Waals surface area contributed by atoms with Crippen LogP contribution in [-0.2, 0) is 24.8 Å². The lowest BCUT2D eigenvalue weighted by Gasteiger charge is -2.36. The maximum absolute atomic E-state index is 13.1. The Labute approximate surface area is 227 Å². The zero-order valence-electron chi connectivity index (χ0n) is 23.1. The summed E-state index contributed by atoms with van der Waals surface area (Å²) in [6.07, 6.45) is 6.00. The molecule has 2 bridgehead atoms. The summed E-state index contributed by atoms with van der Waals surface area (Å²) in [5.41, 5.74) is 5.50. The summed E-state index contributed by atoms with van der Waals surface area (Å²) in [6.45, 7) is 8.01. The second-order valence-corrected chi connectivity index (χ2v) is 11.6. The number of carbonyl (C=O) groups excluding carboxylic acids is 1. The van der Waals surface area contributed by atoms with Gasteiger partial charge in [-0.25, -0.2) is 4.79 Å². The summed E-state index contributed by atoms with van der Waals surface area (Å²) >= 11 is 0. The molecule has 2 aliphatic rings. The lowest BCUT2D eigenvalue weighted by Crippen LogP contribution is -2.44. The fraction of sp³-hybridized carbons (Fsp3) is 0.387. The molecule has 0 N–H and O–H groups in total. The highest BCUT2D eigenvalue weighted by atomic mass is 16.6. The molecule has 39 heavy (non-hydrogen) atoms. The fourth-order valence-electron chi connectivity index (χ4n) is 5.97. The highest BCUT2D eigenvalue weighted by Gasteiger charge is 2.46. The van der Waals surface area contributed by atoms with Gasteiger partial charge in [-0.05, 0) is 64.8 Å². The average molecular weight is 527 g/mol.